The summed E-state index contributed by atoms with van der Waals surface area (Å²) < 4.78 is 1.72. The van der Waals surface area contributed by atoms with Crippen LogP contribution in [0.2, 0.25) is 20.9 Å². The number of alkyl halides is 2. The van der Waals surface area contributed by atoms with Gasteiger partial charge >= 0.3 is 64.7 Å². The Labute approximate surface area is 100 Å². The van der Waals surface area contributed by atoms with Crippen LogP contribution in [0, 0.1) is 0 Å². The van der Waals surface area contributed by atoms with E-state index in [9.17, 15) is 0 Å². The fourth-order valence-corrected chi connectivity index (χ4v) is 3.84. The van der Waals surface area contributed by atoms with Crippen molar-refractivity contribution in [2.45, 2.75) is 27.3 Å². The van der Waals surface area contributed by atoms with Gasteiger partial charge in [-0.15, -0.1) is 23.2 Å². The molecule has 0 N–H and O–H groups in total. The van der Waals surface area contributed by atoms with E-state index in [2.05, 4.69) is 62.3 Å². The monoisotopic (exact) mass is 273 g/mol. The first-order valence-corrected chi connectivity index (χ1v) is 13.3. The van der Waals surface area contributed by atoms with Crippen molar-refractivity contribution in [2.24, 2.45) is 0 Å². The van der Waals surface area contributed by atoms with Gasteiger partial charge in [-0.2, -0.15) is 0 Å². The molecule has 14 heavy (non-hydrogen) atoms. The Morgan fingerprint density at radius 2 is 1.43 bits per heavy atom. The number of hydrogen-bond acceptors (Lipinski definition) is 0. The summed E-state index contributed by atoms with van der Waals surface area (Å²) in [4.78, 5) is 0. The van der Waals surface area contributed by atoms with Gasteiger partial charge in [-0.25, -0.2) is 0 Å². The standard InChI is InChI=1S/C5H5.2CH3Cl.4CH3.Ti/c1-2-4-5-3-1;2*1-2;;;;;/h1-3H,4H2;2*1H3;4*1H3;. The SMILES string of the molecule is CCl.CCl.[CH3][Ti]([CH3])([CH3])([CH3])[C]1=CC=CC1. The fraction of sp³-hybridized carbons (Fsp3) is 0.636. The van der Waals surface area contributed by atoms with Gasteiger partial charge in [0.25, 0.3) is 0 Å². The maximum atomic E-state index is 4.64. The van der Waals surface area contributed by atoms with Gasteiger partial charge in [-0.3, -0.25) is 0 Å². The van der Waals surface area contributed by atoms with Crippen molar-refractivity contribution in [2.75, 3.05) is 12.8 Å². The third-order valence-corrected chi connectivity index (χ3v) is 6.65. The minimum absolute atomic E-state index is 1.22. The van der Waals surface area contributed by atoms with Crippen LogP contribution in [0.1, 0.15) is 6.42 Å². The normalized spacial score (nSPS) is 16.6. The minimum atomic E-state index is -2.02. The molecule has 1 aliphatic rings. The number of rotatable bonds is 1. The number of allylic oxidation sites excluding steroid dienone is 4. The second kappa shape index (κ2) is 7.11. The second-order valence-corrected chi connectivity index (χ2v) is 18.8. The number of hydrogen-bond donors (Lipinski definition) is 0. The molecule has 0 saturated carbocycles. The Morgan fingerprint density at radius 1 is 1.00 bits per heavy atom. The molecule has 0 fully saturated rings. The van der Waals surface area contributed by atoms with Crippen LogP contribution in [0.3, 0.4) is 0 Å². The zero-order valence-electron chi connectivity index (χ0n) is 10.2. The van der Waals surface area contributed by atoms with Crippen LogP contribution in [0.15, 0.2) is 22.1 Å². The zero-order chi connectivity index (χ0) is 11.9. The van der Waals surface area contributed by atoms with Crippen LogP contribution in [0.25, 0.3) is 0 Å². The van der Waals surface area contributed by atoms with Crippen molar-refractivity contribution in [3.63, 3.8) is 0 Å². The molecule has 0 radical (unpaired) electrons. The molecular formula is C11H23Cl2Ti. The van der Waals surface area contributed by atoms with E-state index in [0.717, 1.165) is 0 Å². The molecule has 0 nitrogen and oxygen atoms in total. The second-order valence-electron chi connectivity index (χ2n) is 5.32. The predicted molar refractivity (Wildman–Crippen MR) is 68.9 cm³/mol. The molecule has 0 unspecified atom stereocenters. The third kappa shape index (κ3) is 7.12. The zero-order valence-corrected chi connectivity index (χ0v) is 13.3. The summed E-state index contributed by atoms with van der Waals surface area (Å²) >= 11 is 7.26. The van der Waals surface area contributed by atoms with Crippen LogP contribution in [0.5, 0.6) is 0 Å². The Balaban J connectivity index is 0. The van der Waals surface area contributed by atoms with E-state index < -0.39 is 15.3 Å². The molecule has 0 bridgehead atoms. The van der Waals surface area contributed by atoms with Gasteiger partial charge < -0.3 is 0 Å². The first-order chi connectivity index (χ1) is 6.36. The van der Waals surface area contributed by atoms with Crippen molar-refractivity contribution in [1.82, 2.24) is 0 Å². The van der Waals surface area contributed by atoms with E-state index in [1.165, 1.54) is 19.2 Å². The van der Waals surface area contributed by atoms with E-state index in [-0.39, 0.29) is 0 Å². The molecule has 0 amide bonds. The van der Waals surface area contributed by atoms with Gasteiger partial charge in [0, 0.05) is 12.8 Å². The third-order valence-electron chi connectivity index (χ3n) is 2.06. The molecular weight excluding hydrogens is 251 g/mol. The van der Waals surface area contributed by atoms with E-state index in [1.807, 2.05) is 0 Å². The average Bonchev–Trinajstić information content (AvgIpc) is 2.61. The van der Waals surface area contributed by atoms with Crippen molar-refractivity contribution in [1.29, 1.82) is 0 Å². The maximum absolute atomic E-state index is 4.64. The average molecular weight is 274 g/mol. The van der Waals surface area contributed by atoms with Crippen LogP contribution >= 0.6 is 23.2 Å². The molecule has 0 atom stereocenters. The molecule has 0 aromatic carbocycles. The Hall–Kier alpha value is 0.774. The van der Waals surface area contributed by atoms with Crippen molar-refractivity contribution in [3.05, 3.63) is 22.1 Å². The topological polar surface area (TPSA) is 0 Å². The van der Waals surface area contributed by atoms with E-state index in [1.54, 1.807) is 3.88 Å². The molecule has 0 aromatic rings. The van der Waals surface area contributed by atoms with Crippen molar-refractivity contribution in [3.8, 4) is 0 Å². The van der Waals surface area contributed by atoms with Gasteiger partial charge in [0.05, 0.1) is 0 Å². The summed E-state index contributed by atoms with van der Waals surface area (Å²) in [6.45, 7) is 0. The summed E-state index contributed by atoms with van der Waals surface area (Å²) in [5.41, 5.74) is 0. The molecule has 3 heteroatoms. The van der Waals surface area contributed by atoms with Gasteiger partial charge in [-0.05, 0) is 0 Å². The molecule has 0 aromatic heterocycles. The number of halogens is 2. The Kier molecular flexibility index (Phi) is 8.73. The van der Waals surface area contributed by atoms with Gasteiger partial charge in [-0.1, -0.05) is 0 Å². The first kappa shape index (κ1) is 17.2. The fourth-order valence-electron chi connectivity index (χ4n) is 1.19. The summed E-state index contributed by atoms with van der Waals surface area (Å²) in [6, 6.07) is 0. The molecule has 1 aliphatic carbocycles. The molecule has 1 rings (SSSR count). The summed E-state index contributed by atoms with van der Waals surface area (Å²) in [7, 11) is 0. The van der Waals surface area contributed by atoms with Crippen LogP contribution in [-0.4, -0.2) is 12.8 Å². The van der Waals surface area contributed by atoms with Gasteiger partial charge in [0.1, 0.15) is 0 Å². The predicted octanol–water partition coefficient (Wildman–Crippen LogP) is 5.42. The molecule has 0 heterocycles. The summed E-state index contributed by atoms with van der Waals surface area (Å²) in [6.07, 6.45) is 10.9. The Bertz CT molecular complexity index is 200. The Morgan fingerprint density at radius 3 is 1.57 bits per heavy atom. The van der Waals surface area contributed by atoms with Gasteiger partial charge in [0.2, 0.25) is 0 Å². The summed E-state index contributed by atoms with van der Waals surface area (Å²) in [5.74, 6) is 0. The molecule has 85 valence electrons. The van der Waals surface area contributed by atoms with Crippen molar-refractivity contribution < 1.29 is 15.3 Å². The van der Waals surface area contributed by atoms with Crippen LogP contribution in [0.4, 0.5) is 0 Å². The molecule has 0 saturated heterocycles. The first-order valence-electron chi connectivity index (χ1n) is 4.72. The summed E-state index contributed by atoms with van der Waals surface area (Å²) in [5, 5.41) is 9.87. The quantitative estimate of drug-likeness (QED) is 0.442. The van der Waals surface area contributed by atoms with Crippen LogP contribution in [-0.2, 0) is 15.3 Å². The van der Waals surface area contributed by atoms with E-state index >= 15 is 0 Å². The molecule has 0 aliphatic heterocycles. The van der Waals surface area contributed by atoms with E-state index in [0.29, 0.717) is 0 Å². The van der Waals surface area contributed by atoms with Crippen molar-refractivity contribution >= 4 is 23.2 Å². The molecule has 0 spiro atoms. The van der Waals surface area contributed by atoms with Crippen LogP contribution < -0.4 is 0 Å². The van der Waals surface area contributed by atoms with Gasteiger partial charge in [0.15, 0.2) is 0 Å². The van der Waals surface area contributed by atoms with E-state index in [4.69, 9.17) is 0 Å².